The maximum absolute atomic E-state index is 13.3. The fourth-order valence-electron chi connectivity index (χ4n) is 6.36. The zero-order valence-corrected chi connectivity index (χ0v) is 20.8. The van der Waals surface area contributed by atoms with Gasteiger partial charge in [-0.05, 0) is 80.8 Å². The van der Waals surface area contributed by atoms with Crippen molar-refractivity contribution in [3.05, 3.63) is 65.7 Å². The molecule has 1 aliphatic heterocycles. The highest BCUT2D eigenvalue weighted by atomic mass is 16.5. The second-order valence-corrected chi connectivity index (χ2v) is 10.8. The molecule has 2 unspecified atom stereocenters. The largest absolute Gasteiger partial charge is 0.427 e. The van der Waals surface area contributed by atoms with Gasteiger partial charge < -0.3 is 19.6 Å². The predicted octanol–water partition coefficient (Wildman–Crippen LogP) is 4.02. The van der Waals surface area contributed by atoms with Gasteiger partial charge in [-0.25, -0.2) is 0 Å². The van der Waals surface area contributed by atoms with Crippen LogP contribution in [0.15, 0.2) is 54.6 Å². The minimum Gasteiger partial charge on any atom is -0.427 e. The van der Waals surface area contributed by atoms with E-state index >= 15 is 0 Å². The number of β-amino-alcohol motifs (C(OH)–C–C–N with tert-alkyl or cyclic N) is 1. The van der Waals surface area contributed by atoms with Crippen LogP contribution >= 0.6 is 0 Å². The summed E-state index contributed by atoms with van der Waals surface area (Å²) in [5, 5.41) is 12.3. The third-order valence-corrected chi connectivity index (χ3v) is 8.46. The third kappa shape index (κ3) is 4.74. The average molecular weight is 477 g/mol. The summed E-state index contributed by atoms with van der Waals surface area (Å²) in [6, 6.07) is 17.1. The molecule has 1 N–H and O–H groups in total. The molecule has 6 nitrogen and oxygen atoms in total. The first-order chi connectivity index (χ1) is 16.8. The van der Waals surface area contributed by atoms with Crippen molar-refractivity contribution in [1.29, 1.82) is 0 Å². The summed E-state index contributed by atoms with van der Waals surface area (Å²) in [5.74, 6) is 0.923. The van der Waals surface area contributed by atoms with Crippen molar-refractivity contribution in [3.8, 4) is 5.75 Å². The Morgan fingerprint density at radius 2 is 1.86 bits per heavy atom. The molecule has 3 fully saturated rings. The smallest absolute Gasteiger partial charge is 0.308 e. The quantitative estimate of drug-likeness (QED) is 0.504. The monoisotopic (exact) mass is 476 g/mol. The molecule has 35 heavy (non-hydrogen) atoms. The van der Waals surface area contributed by atoms with Gasteiger partial charge in [0.1, 0.15) is 5.75 Å². The van der Waals surface area contributed by atoms with Gasteiger partial charge in [0.2, 0.25) is 0 Å². The minimum atomic E-state index is -0.901. The lowest BCUT2D eigenvalue weighted by Gasteiger charge is -2.59. The number of carbonyl (C=O) groups is 2. The van der Waals surface area contributed by atoms with Gasteiger partial charge in [0.05, 0.1) is 5.60 Å². The summed E-state index contributed by atoms with van der Waals surface area (Å²) < 4.78 is 5.41. The number of nitrogens with zero attached hydrogens (tertiary/aromatic N) is 2. The number of aliphatic hydroxyl groups is 1. The van der Waals surface area contributed by atoms with Gasteiger partial charge in [0.25, 0.3) is 5.91 Å². The van der Waals surface area contributed by atoms with Gasteiger partial charge in [-0.15, -0.1) is 0 Å². The van der Waals surface area contributed by atoms with Crippen LogP contribution in [0.5, 0.6) is 5.75 Å². The van der Waals surface area contributed by atoms with Gasteiger partial charge in [0.15, 0.2) is 0 Å². The van der Waals surface area contributed by atoms with Crippen molar-refractivity contribution < 1.29 is 19.4 Å². The van der Waals surface area contributed by atoms with E-state index in [0.717, 1.165) is 37.4 Å². The summed E-state index contributed by atoms with van der Waals surface area (Å²) in [6.07, 6.45) is 5.46. The van der Waals surface area contributed by atoms with Crippen LogP contribution in [0, 0.1) is 5.92 Å². The van der Waals surface area contributed by atoms with Gasteiger partial charge >= 0.3 is 5.97 Å². The molecule has 2 aromatic rings. The zero-order valence-electron chi connectivity index (χ0n) is 20.8. The van der Waals surface area contributed by atoms with Gasteiger partial charge in [-0.3, -0.25) is 9.59 Å². The number of carbonyl (C=O) groups excluding carboxylic acids is 2. The molecule has 1 saturated heterocycles. The molecule has 2 aromatic carbocycles. The summed E-state index contributed by atoms with van der Waals surface area (Å²) >= 11 is 0. The third-order valence-electron chi connectivity index (χ3n) is 8.46. The number of hydrogen-bond acceptors (Lipinski definition) is 5. The Hall–Kier alpha value is -2.70. The number of benzene rings is 2. The molecule has 2 saturated carbocycles. The molecule has 6 heteroatoms. The second-order valence-electron chi connectivity index (χ2n) is 10.8. The SMILES string of the molecule is CC(=O)Oc1cccc(C23CCN(CC4CC4)CC2(O)CC[C@@H](N(C)C(=O)c2ccccc2)C3)c1. The maximum atomic E-state index is 13.3. The van der Waals surface area contributed by atoms with Crippen molar-refractivity contribution in [1.82, 2.24) is 9.80 Å². The van der Waals surface area contributed by atoms with E-state index in [1.165, 1.54) is 19.8 Å². The van der Waals surface area contributed by atoms with Crippen LogP contribution in [-0.4, -0.2) is 65.1 Å². The first kappa shape index (κ1) is 24.0. The van der Waals surface area contributed by atoms with E-state index in [1.807, 2.05) is 54.4 Å². The number of hydrogen-bond donors (Lipinski definition) is 1. The van der Waals surface area contributed by atoms with E-state index in [9.17, 15) is 14.7 Å². The van der Waals surface area contributed by atoms with Crippen molar-refractivity contribution >= 4 is 11.9 Å². The van der Waals surface area contributed by atoms with Crippen molar-refractivity contribution in [2.24, 2.45) is 5.92 Å². The van der Waals surface area contributed by atoms with Crippen LogP contribution < -0.4 is 4.74 Å². The summed E-state index contributed by atoms with van der Waals surface area (Å²) in [5.41, 5.74) is 0.260. The van der Waals surface area contributed by atoms with Crippen LogP contribution in [0.3, 0.4) is 0 Å². The van der Waals surface area contributed by atoms with Gasteiger partial charge in [0, 0.05) is 44.1 Å². The van der Waals surface area contributed by atoms with Crippen LogP contribution in [0.2, 0.25) is 0 Å². The molecule has 3 atom stereocenters. The standard InChI is InChI=1S/C29H36N2O4/c1-21(32)35-26-10-6-9-24(17-26)28-15-16-31(19-22-11-12-22)20-29(28,34)14-13-25(18-28)30(2)27(33)23-7-4-3-5-8-23/h3-10,17,22,25,34H,11-16,18-20H2,1-2H3/t25-,28?,29?/m1/s1. The van der Waals surface area contributed by atoms with Crippen LogP contribution in [-0.2, 0) is 10.2 Å². The Bertz CT molecular complexity index is 1090. The Kier molecular flexibility index (Phi) is 6.45. The first-order valence-corrected chi connectivity index (χ1v) is 12.9. The zero-order chi connectivity index (χ0) is 24.6. The highest BCUT2D eigenvalue weighted by Gasteiger charge is 2.58. The molecular formula is C29H36N2O4. The predicted molar refractivity (Wildman–Crippen MR) is 134 cm³/mol. The fraction of sp³-hybridized carbons (Fsp3) is 0.517. The molecule has 1 heterocycles. The van der Waals surface area contributed by atoms with E-state index in [-0.39, 0.29) is 17.9 Å². The molecule has 0 radical (unpaired) electrons. The summed E-state index contributed by atoms with van der Waals surface area (Å²) in [6.45, 7) is 4.02. The molecule has 0 spiro atoms. The van der Waals surface area contributed by atoms with Crippen LogP contribution in [0.1, 0.15) is 61.4 Å². The molecule has 1 amide bonds. The summed E-state index contributed by atoms with van der Waals surface area (Å²) in [7, 11) is 1.88. The second kappa shape index (κ2) is 9.40. The number of ether oxygens (including phenoxy) is 1. The van der Waals surface area contributed by atoms with Crippen molar-refractivity contribution in [2.45, 2.75) is 62.5 Å². The average Bonchev–Trinajstić information content (AvgIpc) is 3.67. The number of piperidine rings is 1. The normalized spacial score (nSPS) is 28.7. The Morgan fingerprint density at radius 1 is 1.09 bits per heavy atom. The molecule has 186 valence electrons. The number of rotatable bonds is 6. The number of esters is 1. The van der Waals surface area contributed by atoms with Crippen molar-refractivity contribution in [2.75, 3.05) is 26.7 Å². The summed E-state index contributed by atoms with van der Waals surface area (Å²) in [4.78, 5) is 29.2. The van der Waals surface area contributed by atoms with E-state index in [4.69, 9.17) is 4.74 Å². The molecule has 5 rings (SSSR count). The number of likely N-dealkylation sites (tertiary alicyclic amines) is 1. The molecular weight excluding hydrogens is 440 g/mol. The van der Waals surface area contributed by atoms with E-state index in [0.29, 0.717) is 30.7 Å². The van der Waals surface area contributed by atoms with Crippen LogP contribution in [0.4, 0.5) is 0 Å². The minimum absolute atomic E-state index is 0.00958. The molecule has 3 aliphatic rings. The molecule has 0 aromatic heterocycles. The molecule has 0 bridgehead atoms. The lowest BCUT2D eigenvalue weighted by molar-refractivity contribution is -0.133. The Balaban J connectivity index is 1.47. The highest BCUT2D eigenvalue weighted by Crippen LogP contribution is 2.53. The first-order valence-electron chi connectivity index (χ1n) is 12.9. The maximum Gasteiger partial charge on any atom is 0.308 e. The highest BCUT2D eigenvalue weighted by molar-refractivity contribution is 5.94. The number of fused-ring (bicyclic) bond motifs is 1. The Morgan fingerprint density at radius 3 is 2.57 bits per heavy atom. The van der Waals surface area contributed by atoms with E-state index < -0.39 is 11.0 Å². The van der Waals surface area contributed by atoms with Gasteiger partial charge in [-0.1, -0.05) is 30.3 Å². The topological polar surface area (TPSA) is 70.1 Å². The molecule has 2 aliphatic carbocycles. The fourth-order valence-corrected chi connectivity index (χ4v) is 6.36. The van der Waals surface area contributed by atoms with Crippen LogP contribution in [0.25, 0.3) is 0 Å². The van der Waals surface area contributed by atoms with E-state index in [2.05, 4.69) is 11.0 Å². The van der Waals surface area contributed by atoms with Gasteiger partial charge in [-0.2, -0.15) is 0 Å². The Labute approximate surface area is 207 Å². The lowest BCUT2D eigenvalue weighted by atomic mass is 9.55. The van der Waals surface area contributed by atoms with Crippen molar-refractivity contribution in [3.63, 3.8) is 0 Å². The van der Waals surface area contributed by atoms with E-state index in [1.54, 1.807) is 6.07 Å². The number of amides is 1. The lowest BCUT2D eigenvalue weighted by Crippen LogP contribution is -2.67.